The number of hydrogen-bond donors (Lipinski definition) is 1. The number of aryl methyl sites for hydroxylation is 1. The van der Waals surface area contributed by atoms with Crippen LogP contribution in [0.25, 0.3) is 0 Å². The lowest BCUT2D eigenvalue weighted by atomic mass is 10.0. The molecule has 1 aromatic carbocycles. The van der Waals surface area contributed by atoms with Crippen molar-refractivity contribution in [3.05, 3.63) is 35.4 Å². The van der Waals surface area contributed by atoms with Crippen molar-refractivity contribution >= 4 is 11.9 Å². The number of carboxylic acids is 1. The van der Waals surface area contributed by atoms with Gasteiger partial charge in [0.05, 0.1) is 12.3 Å². The molecule has 0 aliphatic carbocycles. The summed E-state index contributed by atoms with van der Waals surface area (Å²) in [5.74, 6) is -1.20. The summed E-state index contributed by atoms with van der Waals surface area (Å²) in [6.07, 6.45) is 1.81. The number of carbonyl (C=O) groups excluding carboxylic acids is 1. The molecule has 0 bridgehead atoms. The first-order valence-electron chi connectivity index (χ1n) is 7.13. The summed E-state index contributed by atoms with van der Waals surface area (Å²) in [6.45, 7) is 4.45. The van der Waals surface area contributed by atoms with Gasteiger partial charge in [0.2, 0.25) is 5.91 Å². The van der Waals surface area contributed by atoms with Gasteiger partial charge in [-0.3, -0.25) is 9.59 Å². The van der Waals surface area contributed by atoms with Crippen molar-refractivity contribution < 1.29 is 14.7 Å². The fraction of sp³-hybridized carbons (Fsp3) is 0.500. The first kappa shape index (κ1) is 14.6. The number of likely N-dealkylation sites (tertiary alicyclic amines) is 1. The highest BCUT2D eigenvalue weighted by atomic mass is 16.4. The third-order valence-corrected chi connectivity index (χ3v) is 4.23. The summed E-state index contributed by atoms with van der Waals surface area (Å²) in [7, 11) is 0. The van der Waals surface area contributed by atoms with Gasteiger partial charge in [0.25, 0.3) is 0 Å². The van der Waals surface area contributed by atoms with Gasteiger partial charge in [0, 0.05) is 12.6 Å². The zero-order valence-electron chi connectivity index (χ0n) is 12.0. The molecule has 2 rings (SSSR count). The standard InChI is InChI=1S/C16H21NO3/c1-3-12-6-4-5-7-13(12)10-15(18)17-9-8-14(11(17)2)16(19)20/h4-7,11,14H,3,8-10H2,1-2H3,(H,19,20). The number of benzene rings is 1. The summed E-state index contributed by atoms with van der Waals surface area (Å²) in [5.41, 5.74) is 2.23. The third-order valence-electron chi connectivity index (χ3n) is 4.23. The van der Waals surface area contributed by atoms with E-state index in [-0.39, 0.29) is 11.9 Å². The van der Waals surface area contributed by atoms with E-state index in [9.17, 15) is 9.59 Å². The van der Waals surface area contributed by atoms with Crippen LogP contribution in [-0.2, 0) is 22.4 Å². The van der Waals surface area contributed by atoms with Gasteiger partial charge >= 0.3 is 5.97 Å². The molecule has 4 nitrogen and oxygen atoms in total. The second-order valence-electron chi connectivity index (χ2n) is 5.36. The molecule has 1 N–H and O–H groups in total. The van der Waals surface area contributed by atoms with Crippen LogP contribution in [0.2, 0.25) is 0 Å². The highest BCUT2D eigenvalue weighted by Crippen LogP contribution is 2.25. The first-order chi connectivity index (χ1) is 9.54. The van der Waals surface area contributed by atoms with Gasteiger partial charge in [-0.2, -0.15) is 0 Å². The van der Waals surface area contributed by atoms with Crippen molar-refractivity contribution in [1.82, 2.24) is 4.90 Å². The number of amides is 1. The minimum atomic E-state index is -0.804. The molecule has 1 aromatic rings. The second-order valence-corrected chi connectivity index (χ2v) is 5.36. The SMILES string of the molecule is CCc1ccccc1CC(=O)N1CCC(C(=O)O)C1C. The van der Waals surface area contributed by atoms with Crippen molar-refractivity contribution in [2.24, 2.45) is 5.92 Å². The van der Waals surface area contributed by atoms with E-state index < -0.39 is 11.9 Å². The highest BCUT2D eigenvalue weighted by Gasteiger charge is 2.37. The lowest BCUT2D eigenvalue weighted by Crippen LogP contribution is -2.38. The van der Waals surface area contributed by atoms with Crippen LogP contribution >= 0.6 is 0 Å². The second kappa shape index (κ2) is 6.07. The van der Waals surface area contributed by atoms with Crippen molar-refractivity contribution in [2.45, 2.75) is 39.2 Å². The predicted octanol–water partition coefficient (Wildman–Crippen LogP) is 2.11. The van der Waals surface area contributed by atoms with Crippen LogP contribution in [0.1, 0.15) is 31.4 Å². The van der Waals surface area contributed by atoms with Crippen LogP contribution in [0.5, 0.6) is 0 Å². The maximum absolute atomic E-state index is 12.4. The van der Waals surface area contributed by atoms with E-state index in [4.69, 9.17) is 5.11 Å². The van der Waals surface area contributed by atoms with Crippen molar-refractivity contribution in [2.75, 3.05) is 6.54 Å². The van der Waals surface area contributed by atoms with Gasteiger partial charge in [-0.05, 0) is 30.9 Å². The third kappa shape index (κ3) is 2.84. The van der Waals surface area contributed by atoms with E-state index in [0.717, 1.165) is 12.0 Å². The first-order valence-corrected chi connectivity index (χ1v) is 7.13. The molecule has 1 amide bonds. The topological polar surface area (TPSA) is 57.6 Å². The smallest absolute Gasteiger partial charge is 0.308 e. The number of hydrogen-bond acceptors (Lipinski definition) is 2. The molecule has 1 heterocycles. The molecule has 1 saturated heterocycles. The summed E-state index contributed by atoms with van der Waals surface area (Å²) in [4.78, 5) is 25.2. The normalized spacial score (nSPS) is 22.0. The summed E-state index contributed by atoms with van der Waals surface area (Å²) < 4.78 is 0. The molecule has 4 heteroatoms. The Bertz CT molecular complexity index is 512. The number of nitrogens with zero attached hydrogens (tertiary/aromatic N) is 1. The maximum Gasteiger partial charge on any atom is 0.308 e. The predicted molar refractivity (Wildman–Crippen MR) is 76.4 cm³/mol. The molecule has 0 saturated carbocycles. The zero-order chi connectivity index (χ0) is 14.7. The maximum atomic E-state index is 12.4. The Balaban J connectivity index is 2.08. The minimum absolute atomic E-state index is 0.0298. The van der Waals surface area contributed by atoms with Gasteiger partial charge < -0.3 is 10.0 Å². The number of rotatable bonds is 4. The average molecular weight is 275 g/mol. The Morgan fingerprint density at radius 1 is 1.30 bits per heavy atom. The zero-order valence-corrected chi connectivity index (χ0v) is 12.0. The van der Waals surface area contributed by atoms with Crippen LogP contribution in [0.4, 0.5) is 0 Å². The van der Waals surface area contributed by atoms with Crippen LogP contribution in [-0.4, -0.2) is 34.5 Å². The molecular weight excluding hydrogens is 254 g/mol. The van der Waals surface area contributed by atoms with Gasteiger partial charge in [-0.1, -0.05) is 31.2 Å². The van der Waals surface area contributed by atoms with Crippen LogP contribution in [0, 0.1) is 5.92 Å². The fourth-order valence-corrected chi connectivity index (χ4v) is 2.96. The van der Waals surface area contributed by atoms with Crippen molar-refractivity contribution in [3.63, 3.8) is 0 Å². The van der Waals surface area contributed by atoms with Gasteiger partial charge in [0.15, 0.2) is 0 Å². The molecular formula is C16H21NO3. The van der Waals surface area contributed by atoms with E-state index >= 15 is 0 Å². The summed E-state index contributed by atoms with van der Waals surface area (Å²) in [5, 5.41) is 9.12. The lowest BCUT2D eigenvalue weighted by molar-refractivity contribution is -0.143. The molecule has 108 valence electrons. The highest BCUT2D eigenvalue weighted by molar-refractivity contribution is 5.81. The molecule has 1 aliphatic rings. The average Bonchev–Trinajstić information content (AvgIpc) is 2.81. The van der Waals surface area contributed by atoms with E-state index in [2.05, 4.69) is 6.92 Å². The van der Waals surface area contributed by atoms with E-state index in [1.54, 1.807) is 4.90 Å². The molecule has 0 spiro atoms. The molecule has 0 radical (unpaired) electrons. The fourth-order valence-electron chi connectivity index (χ4n) is 2.96. The van der Waals surface area contributed by atoms with Crippen LogP contribution < -0.4 is 0 Å². The Morgan fingerprint density at radius 3 is 2.50 bits per heavy atom. The molecule has 1 fully saturated rings. The summed E-state index contributed by atoms with van der Waals surface area (Å²) in [6, 6.07) is 7.72. The Labute approximate surface area is 119 Å². The lowest BCUT2D eigenvalue weighted by Gasteiger charge is -2.23. The monoisotopic (exact) mass is 275 g/mol. The van der Waals surface area contributed by atoms with Gasteiger partial charge in [-0.25, -0.2) is 0 Å². The number of carbonyl (C=O) groups is 2. The van der Waals surface area contributed by atoms with Crippen LogP contribution in [0.15, 0.2) is 24.3 Å². The van der Waals surface area contributed by atoms with E-state index in [1.807, 2.05) is 31.2 Å². The summed E-state index contributed by atoms with van der Waals surface area (Å²) >= 11 is 0. The number of carboxylic acid groups (broad SMARTS) is 1. The Hall–Kier alpha value is -1.84. The molecule has 0 aromatic heterocycles. The molecule has 20 heavy (non-hydrogen) atoms. The largest absolute Gasteiger partial charge is 0.481 e. The molecule has 1 aliphatic heterocycles. The van der Waals surface area contributed by atoms with E-state index in [0.29, 0.717) is 19.4 Å². The van der Waals surface area contributed by atoms with Crippen LogP contribution in [0.3, 0.4) is 0 Å². The number of aliphatic carboxylic acids is 1. The van der Waals surface area contributed by atoms with Gasteiger partial charge in [0.1, 0.15) is 0 Å². The van der Waals surface area contributed by atoms with Crippen molar-refractivity contribution in [1.29, 1.82) is 0 Å². The van der Waals surface area contributed by atoms with E-state index in [1.165, 1.54) is 5.56 Å². The minimum Gasteiger partial charge on any atom is -0.481 e. The Morgan fingerprint density at radius 2 is 1.95 bits per heavy atom. The Kier molecular flexibility index (Phi) is 4.42. The quantitative estimate of drug-likeness (QED) is 0.915. The van der Waals surface area contributed by atoms with Gasteiger partial charge in [-0.15, -0.1) is 0 Å². The van der Waals surface area contributed by atoms with Crippen molar-refractivity contribution in [3.8, 4) is 0 Å². The molecule has 2 unspecified atom stereocenters. The molecule has 2 atom stereocenters.